The minimum atomic E-state index is 0.0379. The highest BCUT2D eigenvalue weighted by Gasteiger charge is 2.26. The second-order valence-electron chi connectivity index (χ2n) is 15.6. The van der Waals surface area contributed by atoms with Crippen molar-refractivity contribution in [2.75, 3.05) is 4.90 Å². The van der Waals surface area contributed by atoms with Gasteiger partial charge < -0.3 is 13.9 Å². The van der Waals surface area contributed by atoms with Crippen molar-refractivity contribution < 1.29 is 4.42 Å². The molecule has 12 rings (SSSR count). The van der Waals surface area contributed by atoms with Crippen molar-refractivity contribution in [2.45, 2.75) is 12.5 Å². The molecule has 9 aromatic carbocycles. The Morgan fingerprint density at radius 2 is 1.08 bits per heavy atom. The van der Waals surface area contributed by atoms with Crippen molar-refractivity contribution in [3.8, 4) is 22.3 Å². The van der Waals surface area contributed by atoms with Gasteiger partial charge >= 0.3 is 0 Å². The van der Waals surface area contributed by atoms with Crippen LogP contribution in [0, 0.1) is 0 Å². The Labute approximate surface area is 342 Å². The predicted octanol–water partition coefficient (Wildman–Crippen LogP) is 15.3. The van der Waals surface area contributed by atoms with Crippen LogP contribution in [0.1, 0.15) is 6.42 Å². The third-order valence-corrected chi connectivity index (χ3v) is 12.3. The first-order valence-electron chi connectivity index (χ1n) is 20.4. The highest BCUT2D eigenvalue weighted by atomic mass is 16.3. The molecule has 0 spiro atoms. The zero-order chi connectivity index (χ0) is 38.9. The molecule has 59 heavy (non-hydrogen) atoms. The molecule has 278 valence electrons. The molecule has 0 amide bonds. The molecule has 0 radical (unpaired) electrons. The Morgan fingerprint density at radius 1 is 0.475 bits per heavy atom. The second-order valence-corrected chi connectivity index (χ2v) is 15.6. The lowest BCUT2D eigenvalue weighted by molar-refractivity contribution is 0.670. The third kappa shape index (κ3) is 5.43. The molecule has 1 aliphatic rings. The lowest BCUT2D eigenvalue weighted by Gasteiger charge is -2.35. The molecule has 11 aromatic rings. The molecule has 0 saturated heterocycles. The van der Waals surface area contributed by atoms with Gasteiger partial charge in [-0.1, -0.05) is 164 Å². The smallest absolute Gasteiger partial charge is 0.143 e. The molecule has 1 aliphatic carbocycles. The normalized spacial score (nSPS) is 14.2. The first-order chi connectivity index (χ1) is 29.3. The minimum Gasteiger partial charge on any atom is -0.455 e. The predicted molar refractivity (Wildman–Crippen MR) is 249 cm³/mol. The Hall–Kier alpha value is -7.62. The standard InChI is InChI=1S/C56H38N2O/c1-2-16-39-36-55-51(35-38(39)15-1)50-26-13-25-49(56(50)59-55)48-23-7-8-27-52(48)57(43-19-11-18-40(34-43)45-24-12-17-37-14-3-4-20-44(37)45)41-30-32-42(33-31-41)58-53-28-9-5-21-46(53)47-22-6-10-29-54(47)58/h1-30,32-36,41H,31H2. The van der Waals surface area contributed by atoms with Crippen molar-refractivity contribution in [2.24, 2.45) is 0 Å². The van der Waals surface area contributed by atoms with Crippen LogP contribution in [-0.2, 0) is 0 Å². The van der Waals surface area contributed by atoms with Crippen molar-refractivity contribution in [3.05, 3.63) is 212 Å². The molecule has 0 saturated carbocycles. The van der Waals surface area contributed by atoms with Crippen LogP contribution in [-0.4, -0.2) is 10.6 Å². The summed E-state index contributed by atoms with van der Waals surface area (Å²) in [6.07, 6.45) is 7.95. The number of rotatable bonds is 6. The van der Waals surface area contributed by atoms with E-state index < -0.39 is 0 Å². The van der Waals surface area contributed by atoms with Crippen LogP contribution < -0.4 is 4.90 Å². The summed E-state index contributed by atoms with van der Waals surface area (Å²) in [6, 6.07) is 70.3. The number of para-hydroxylation sites is 4. The maximum Gasteiger partial charge on any atom is 0.143 e. The SMILES string of the molecule is C1=CC(N(c2cccc(-c3cccc4ccccc34)c2)c2ccccc2-c2cccc3c2oc2cc4ccccc4cc23)CC=C1n1c2ccccc2c2ccccc21. The number of aromatic nitrogens is 1. The van der Waals surface area contributed by atoms with Crippen LogP contribution >= 0.6 is 0 Å². The van der Waals surface area contributed by atoms with Crippen LogP contribution in [0.4, 0.5) is 11.4 Å². The van der Waals surface area contributed by atoms with Crippen LogP contribution in [0.2, 0.25) is 0 Å². The van der Waals surface area contributed by atoms with Crippen LogP contribution in [0.15, 0.2) is 217 Å². The number of hydrogen-bond donors (Lipinski definition) is 0. The Morgan fingerprint density at radius 3 is 1.88 bits per heavy atom. The molecule has 1 unspecified atom stereocenters. The summed E-state index contributed by atoms with van der Waals surface area (Å²) in [6.45, 7) is 0. The molecule has 3 heteroatoms. The van der Waals surface area contributed by atoms with E-state index in [4.69, 9.17) is 4.42 Å². The van der Waals surface area contributed by atoms with E-state index >= 15 is 0 Å². The summed E-state index contributed by atoms with van der Waals surface area (Å²) in [5.74, 6) is 0. The summed E-state index contributed by atoms with van der Waals surface area (Å²) < 4.78 is 9.25. The van der Waals surface area contributed by atoms with Gasteiger partial charge in [0.15, 0.2) is 0 Å². The van der Waals surface area contributed by atoms with E-state index in [2.05, 4.69) is 222 Å². The molecule has 0 fully saturated rings. The van der Waals surface area contributed by atoms with Crippen LogP contribution in [0.5, 0.6) is 0 Å². The molecular formula is C56H38N2O. The topological polar surface area (TPSA) is 21.3 Å². The Bertz CT molecular complexity index is 3450. The largest absolute Gasteiger partial charge is 0.455 e. The van der Waals surface area contributed by atoms with Gasteiger partial charge in [0.1, 0.15) is 11.2 Å². The molecule has 0 bridgehead atoms. The summed E-state index contributed by atoms with van der Waals surface area (Å²) >= 11 is 0. The number of furan rings is 1. The number of nitrogens with zero attached hydrogens (tertiary/aromatic N) is 2. The number of hydrogen-bond acceptors (Lipinski definition) is 2. The van der Waals surface area contributed by atoms with Gasteiger partial charge in [0.25, 0.3) is 0 Å². The second kappa shape index (κ2) is 13.5. The van der Waals surface area contributed by atoms with Gasteiger partial charge in [-0.25, -0.2) is 0 Å². The van der Waals surface area contributed by atoms with Gasteiger partial charge in [-0.05, 0) is 87.6 Å². The monoisotopic (exact) mass is 754 g/mol. The van der Waals surface area contributed by atoms with Crippen molar-refractivity contribution in [3.63, 3.8) is 0 Å². The lowest BCUT2D eigenvalue weighted by atomic mass is 9.95. The number of benzene rings is 9. The highest BCUT2D eigenvalue weighted by molar-refractivity contribution is 6.14. The summed E-state index contributed by atoms with van der Waals surface area (Å²) in [5, 5.41) is 9.68. The molecule has 2 heterocycles. The third-order valence-electron chi connectivity index (χ3n) is 12.3. The number of allylic oxidation sites excluding steroid dienone is 2. The van der Waals surface area contributed by atoms with E-state index in [1.807, 2.05) is 0 Å². The lowest BCUT2D eigenvalue weighted by Crippen LogP contribution is -2.30. The highest BCUT2D eigenvalue weighted by Crippen LogP contribution is 2.45. The quantitative estimate of drug-likeness (QED) is 0.169. The summed E-state index contributed by atoms with van der Waals surface area (Å²) in [5.41, 5.74) is 12.3. The van der Waals surface area contributed by atoms with E-state index in [-0.39, 0.29) is 6.04 Å². The molecular weight excluding hydrogens is 717 g/mol. The molecule has 0 aliphatic heterocycles. The van der Waals surface area contributed by atoms with Crippen molar-refractivity contribution in [1.82, 2.24) is 4.57 Å². The number of anilines is 2. The Kier molecular flexibility index (Phi) is 7.67. The average molecular weight is 755 g/mol. The van der Waals surface area contributed by atoms with Crippen LogP contribution in [0.25, 0.3) is 93.2 Å². The van der Waals surface area contributed by atoms with E-state index in [1.54, 1.807) is 0 Å². The van der Waals surface area contributed by atoms with Gasteiger partial charge in [0.2, 0.25) is 0 Å². The molecule has 1 atom stereocenters. The zero-order valence-corrected chi connectivity index (χ0v) is 32.3. The zero-order valence-electron chi connectivity index (χ0n) is 32.3. The molecule has 0 N–H and O–H groups in total. The van der Waals surface area contributed by atoms with Gasteiger partial charge in [-0.15, -0.1) is 0 Å². The van der Waals surface area contributed by atoms with Gasteiger partial charge in [0, 0.05) is 49.7 Å². The fourth-order valence-corrected chi connectivity index (χ4v) is 9.57. The Balaban J connectivity index is 1.03. The maximum atomic E-state index is 6.83. The number of fused-ring (bicyclic) bond motifs is 8. The first-order valence-corrected chi connectivity index (χ1v) is 20.4. The summed E-state index contributed by atoms with van der Waals surface area (Å²) in [7, 11) is 0. The average Bonchev–Trinajstić information content (AvgIpc) is 3.84. The van der Waals surface area contributed by atoms with E-state index in [0.29, 0.717) is 0 Å². The fraction of sp³-hybridized carbons (Fsp3) is 0.0357. The molecule has 2 aromatic heterocycles. The van der Waals surface area contributed by atoms with Crippen molar-refractivity contribution >= 4 is 82.4 Å². The van der Waals surface area contributed by atoms with Crippen LogP contribution in [0.3, 0.4) is 0 Å². The van der Waals surface area contributed by atoms with Gasteiger partial charge in [0.05, 0.1) is 17.1 Å². The van der Waals surface area contributed by atoms with E-state index in [1.165, 1.54) is 60.2 Å². The summed E-state index contributed by atoms with van der Waals surface area (Å²) in [4.78, 5) is 2.54. The van der Waals surface area contributed by atoms with Crippen molar-refractivity contribution in [1.29, 1.82) is 0 Å². The van der Waals surface area contributed by atoms with E-state index in [0.717, 1.165) is 50.9 Å². The maximum absolute atomic E-state index is 6.83. The minimum absolute atomic E-state index is 0.0379. The molecule has 3 nitrogen and oxygen atoms in total. The fourth-order valence-electron chi connectivity index (χ4n) is 9.57. The van der Waals surface area contributed by atoms with Gasteiger partial charge in [-0.2, -0.15) is 0 Å². The van der Waals surface area contributed by atoms with Gasteiger partial charge in [-0.3, -0.25) is 0 Å². The first kappa shape index (κ1) is 33.5. The van der Waals surface area contributed by atoms with E-state index in [9.17, 15) is 0 Å².